The van der Waals surface area contributed by atoms with Crippen molar-refractivity contribution in [1.29, 1.82) is 0 Å². The molecule has 0 aromatic heterocycles. The third-order valence-corrected chi connectivity index (χ3v) is 2.76. The Morgan fingerprint density at radius 1 is 1.47 bits per heavy atom. The van der Waals surface area contributed by atoms with Gasteiger partial charge in [0.05, 0.1) is 7.11 Å². The molecule has 0 amide bonds. The molecule has 0 aliphatic heterocycles. The predicted molar refractivity (Wildman–Crippen MR) is 71.5 cm³/mol. The molecule has 5 N–H and O–H groups in total. The highest BCUT2D eigenvalue weighted by Gasteiger charge is 2.08. The number of halogens is 1. The van der Waals surface area contributed by atoms with Crippen molar-refractivity contribution in [1.82, 2.24) is 5.32 Å². The first-order valence-electron chi connectivity index (χ1n) is 5.57. The Morgan fingerprint density at radius 2 is 2.18 bits per heavy atom. The van der Waals surface area contributed by atoms with Gasteiger partial charge in [-0.05, 0) is 24.6 Å². The van der Waals surface area contributed by atoms with E-state index in [0.717, 1.165) is 16.9 Å². The normalized spacial score (nSPS) is 12.5. The summed E-state index contributed by atoms with van der Waals surface area (Å²) in [4.78, 5) is 0. The Balaban J connectivity index is 2.69. The first-order chi connectivity index (χ1) is 8.08. The molecule has 0 fully saturated rings. The van der Waals surface area contributed by atoms with Crippen LogP contribution in [0.5, 0.6) is 5.75 Å². The minimum absolute atomic E-state index is 0.0266. The average Bonchev–Trinajstić information content (AvgIpc) is 2.28. The molecule has 0 radical (unpaired) electrons. The molecule has 1 aromatic carbocycles. The van der Waals surface area contributed by atoms with E-state index in [-0.39, 0.29) is 6.04 Å². The number of hydrogen-bond donors (Lipinski definition) is 3. The van der Waals surface area contributed by atoms with Crippen molar-refractivity contribution < 1.29 is 4.74 Å². The van der Waals surface area contributed by atoms with Gasteiger partial charge in [0.1, 0.15) is 5.75 Å². The van der Waals surface area contributed by atoms with Crippen molar-refractivity contribution in [3.8, 4) is 5.75 Å². The SMILES string of the molecule is COc1c(C)cc(Cl)cc1CNCC(N)CN. The Bertz CT molecular complexity index is 371. The molecule has 1 rings (SSSR count). The zero-order chi connectivity index (χ0) is 12.8. The van der Waals surface area contributed by atoms with Gasteiger partial charge in [-0.15, -0.1) is 0 Å². The highest BCUT2D eigenvalue weighted by Crippen LogP contribution is 2.27. The smallest absolute Gasteiger partial charge is 0.126 e. The summed E-state index contributed by atoms with van der Waals surface area (Å²) in [5.41, 5.74) is 13.2. The maximum Gasteiger partial charge on any atom is 0.126 e. The molecule has 1 atom stereocenters. The van der Waals surface area contributed by atoms with Gasteiger partial charge in [-0.25, -0.2) is 0 Å². The van der Waals surface area contributed by atoms with Crippen LogP contribution in [-0.4, -0.2) is 26.2 Å². The number of benzene rings is 1. The zero-order valence-corrected chi connectivity index (χ0v) is 11.1. The lowest BCUT2D eigenvalue weighted by molar-refractivity contribution is 0.404. The Hall–Kier alpha value is -0.810. The van der Waals surface area contributed by atoms with E-state index in [1.54, 1.807) is 7.11 Å². The second kappa shape index (κ2) is 6.81. The Kier molecular flexibility index (Phi) is 5.71. The van der Waals surface area contributed by atoms with E-state index in [1.165, 1.54) is 0 Å². The fourth-order valence-corrected chi connectivity index (χ4v) is 1.99. The molecule has 17 heavy (non-hydrogen) atoms. The largest absolute Gasteiger partial charge is 0.496 e. The fraction of sp³-hybridized carbons (Fsp3) is 0.500. The van der Waals surface area contributed by atoms with E-state index in [2.05, 4.69) is 5.32 Å². The van der Waals surface area contributed by atoms with Crippen LogP contribution in [0.4, 0.5) is 0 Å². The molecule has 0 saturated heterocycles. The van der Waals surface area contributed by atoms with Crippen LogP contribution >= 0.6 is 11.6 Å². The summed E-state index contributed by atoms with van der Waals surface area (Å²) in [6.07, 6.45) is 0. The molecular weight excluding hydrogens is 238 g/mol. The van der Waals surface area contributed by atoms with E-state index in [1.807, 2.05) is 19.1 Å². The fourth-order valence-electron chi connectivity index (χ4n) is 1.70. The summed E-state index contributed by atoms with van der Waals surface area (Å²) in [7, 11) is 1.66. The highest BCUT2D eigenvalue weighted by atomic mass is 35.5. The number of nitrogens with two attached hydrogens (primary N) is 2. The first-order valence-corrected chi connectivity index (χ1v) is 5.95. The number of rotatable bonds is 6. The van der Waals surface area contributed by atoms with Crippen molar-refractivity contribution in [2.75, 3.05) is 20.2 Å². The van der Waals surface area contributed by atoms with Crippen LogP contribution in [0.15, 0.2) is 12.1 Å². The van der Waals surface area contributed by atoms with Crippen molar-refractivity contribution in [2.24, 2.45) is 11.5 Å². The van der Waals surface area contributed by atoms with Crippen LogP contribution < -0.4 is 21.5 Å². The number of methoxy groups -OCH3 is 1. The quantitative estimate of drug-likeness (QED) is 0.712. The number of nitrogens with one attached hydrogen (secondary N) is 1. The summed E-state index contributed by atoms with van der Waals surface area (Å²) in [5, 5.41) is 3.95. The minimum Gasteiger partial charge on any atom is -0.496 e. The van der Waals surface area contributed by atoms with Crippen LogP contribution in [0.25, 0.3) is 0 Å². The lowest BCUT2D eigenvalue weighted by atomic mass is 10.1. The highest BCUT2D eigenvalue weighted by molar-refractivity contribution is 6.30. The zero-order valence-electron chi connectivity index (χ0n) is 10.3. The molecule has 0 heterocycles. The van der Waals surface area contributed by atoms with Gasteiger partial charge >= 0.3 is 0 Å². The minimum atomic E-state index is -0.0266. The van der Waals surface area contributed by atoms with E-state index < -0.39 is 0 Å². The third kappa shape index (κ3) is 4.16. The van der Waals surface area contributed by atoms with Gasteiger partial charge in [-0.1, -0.05) is 11.6 Å². The summed E-state index contributed by atoms with van der Waals surface area (Å²) in [6, 6.07) is 3.76. The molecule has 0 spiro atoms. The van der Waals surface area contributed by atoms with Crippen molar-refractivity contribution in [2.45, 2.75) is 19.5 Å². The lowest BCUT2D eigenvalue weighted by Gasteiger charge is -2.14. The summed E-state index contributed by atoms with van der Waals surface area (Å²) < 4.78 is 5.36. The molecule has 5 heteroatoms. The van der Waals surface area contributed by atoms with Crippen molar-refractivity contribution >= 4 is 11.6 Å². The van der Waals surface area contributed by atoms with Gasteiger partial charge in [0, 0.05) is 36.3 Å². The maximum atomic E-state index is 6.02. The van der Waals surface area contributed by atoms with Crippen molar-refractivity contribution in [3.05, 3.63) is 28.3 Å². The van der Waals surface area contributed by atoms with E-state index in [9.17, 15) is 0 Å². The van der Waals surface area contributed by atoms with Crippen LogP contribution in [0.2, 0.25) is 5.02 Å². The van der Waals surface area contributed by atoms with Gasteiger partial charge in [0.15, 0.2) is 0 Å². The van der Waals surface area contributed by atoms with Gasteiger partial charge < -0.3 is 21.5 Å². The van der Waals surface area contributed by atoms with E-state index >= 15 is 0 Å². The van der Waals surface area contributed by atoms with Crippen molar-refractivity contribution in [3.63, 3.8) is 0 Å². The molecule has 0 aliphatic rings. The van der Waals surface area contributed by atoms with Crippen LogP contribution in [0, 0.1) is 6.92 Å². The molecule has 96 valence electrons. The topological polar surface area (TPSA) is 73.3 Å². The standard InChI is InChI=1S/C12H20ClN3O/c1-8-3-10(13)4-9(12(8)17-2)6-16-7-11(15)5-14/h3-4,11,16H,5-7,14-15H2,1-2H3. The van der Waals surface area contributed by atoms with Crippen LogP contribution in [0.1, 0.15) is 11.1 Å². The maximum absolute atomic E-state index is 6.02. The molecule has 0 aliphatic carbocycles. The second-order valence-electron chi connectivity index (χ2n) is 4.04. The Morgan fingerprint density at radius 3 is 2.76 bits per heavy atom. The number of aryl methyl sites for hydroxylation is 1. The lowest BCUT2D eigenvalue weighted by Crippen LogP contribution is -2.39. The van der Waals surface area contributed by atoms with E-state index in [4.69, 9.17) is 27.8 Å². The second-order valence-corrected chi connectivity index (χ2v) is 4.48. The number of hydrogen-bond acceptors (Lipinski definition) is 4. The summed E-state index contributed by atoms with van der Waals surface area (Å²) in [6.45, 7) is 3.78. The monoisotopic (exact) mass is 257 g/mol. The average molecular weight is 258 g/mol. The molecule has 0 bridgehead atoms. The molecule has 4 nitrogen and oxygen atoms in total. The molecule has 1 unspecified atom stereocenters. The van der Waals surface area contributed by atoms with Gasteiger partial charge in [0.2, 0.25) is 0 Å². The van der Waals surface area contributed by atoms with Crippen LogP contribution in [0.3, 0.4) is 0 Å². The third-order valence-electron chi connectivity index (χ3n) is 2.55. The number of ether oxygens (including phenoxy) is 1. The summed E-state index contributed by atoms with van der Waals surface area (Å²) in [5.74, 6) is 0.864. The Labute approximate surface area is 107 Å². The summed E-state index contributed by atoms with van der Waals surface area (Å²) >= 11 is 6.02. The van der Waals surface area contributed by atoms with Gasteiger partial charge in [-0.3, -0.25) is 0 Å². The van der Waals surface area contributed by atoms with E-state index in [0.29, 0.717) is 24.7 Å². The molecule has 1 aromatic rings. The molecular formula is C12H20ClN3O. The van der Waals surface area contributed by atoms with Gasteiger partial charge in [-0.2, -0.15) is 0 Å². The van der Waals surface area contributed by atoms with Crippen LogP contribution in [-0.2, 0) is 6.54 Å². The first kappa shape index (κ1) is 14.3. The molecule has 0 saturated carbocycles. The van der Waals surface area contributed by atoms with Gasteiger partial charge in [0.25, 0.3) is 0 Å². The predicted octanol–water partition coefficient (Wildman–Crippen LogP) is 1.03.